The second-order valence-electron chi connectivity index (χ2n) is 2.61. The van der Waals surface area contributed by atoms with Crippen LogP contribution in [0.5, 0.6) is 0 Å². The van der Waals surface area contributed by atoms with Crippen LogP contribution in [0.1, 0.15) is 11.1 Å². The molecule has 2 N–H and O–H groups in total. The van der Waals surface area contributed by atoms with Gasteiger partial charge in [-0.25, -0.2) is 4.39 Å². The molecule has 0 aromatic heterocycles. The van der Waals surface area contributed by atoms with E-state index in [-0.39, 0.29) is 5.82 Å². The smallest absolute Gasteiger partial charge is 0.132 e. The molecule has 0 aliphatic heterocycles. The van der Waals surface area contributed by atoms with Crippen molar-refractivity contribution < 1.29 is 4.39 Å². The predicted octanol–water partition coefficient (Wildman–Crippen LogP) is 3.55. The zero-order chi connectivity index (χ0) is 9.46. The summed E-state index contributed by atoms with van der Waals surface area (Å²) < 4.78 is 14.7. The molecule has 0 heterocycles. The van der Waals surface area contributed by atoms with Crippen LogP contribution in [0.2, 0.25) is 0 Å². The van der Waals surface area contributed by atoms with E-state index in [9.17, 15) is 4.39 Å². The van der Waals surface area contributed by atoms with Crippen molar-refractivity contribution in [3.05, 3.63) is 25.9 Å². The van der Waals surface area contributed by atoms with Gasteiger partial charge >= 0.3 is 0 Å². The van der Waals surface area contributed by atoms with Crippen molar-refractivity contribution in [2.75, 3.05) is 5.73 Å². The third-order valence-electron chi connectivity index (χ3n) is 1.82. The maximum absolute atomic E-state index is 13.3. The fourth-order valence-corrected chi connectivity index (χ4v) is 1.93. The summed E-state index contributed by atoms with van der Waals surface area (Å²) >= 11 is 6.52. The summed E-state index contributed by atoms with van der Waals surface area (Å²) in [6.07, 6.45) is 0. The van der Waals surface area contributed by atoms with Crippen molar-refractivity contribution in [3.63, 3.8) is 0 Å². The fraction of sp³-hybridized carbons (Fsp3) is 0.250. The highest BCUT2D eigenvalue weighted by Gasteiger charge is 2.13. The monoisotopic (exact) mass is 295 g/mol. The summed E-state index contributed by atoms with van der Waals surface area (Å²) in [6.45, 7) is 3.37. The molecule has 1 nitrogen and oxygen atoms in total. The topological polar surface area (TPSA) is 26.0 Å². The minimum Gasteiger partial charge on any atom is -0.397 e. The van der Waals surface area contributed by atoms with Gasteiger partial charge in [-0.3, -0.25) is 0 Å². The minimum atomic E-state index is -0.248. The summed E-state index contributed by atoms with van der Waals surface area (Å²) in [6, 6.07) is 0. The molecule has 0 spiro atoms. The lowest BCUT2D eigenvalue weighted by atomic mass is 10.1. The van der Waals surface area contributed by atoms with Gasteiger partial charge in [0.2, 0.25) is 0 Å². The number of benzene rings is 1. The first-order chi connectivity index (χ1) is 5.46. The largest absolute Gasteiger partial charge is 0.397 e. The average Bonchev–Trinajstić information content (AvgIpc) is 2.08. The number of halogens is 3. The zero-order valence-corrected chi connectivity index (χ0v) is 9.88. The molecular weight excluding hydrogens is 289 g/mol. The van der Waals surface area contributed by atoms with E-state index in [1.165, 1.54) is 0 Å². The van der Waals surface area contributed by atoms with Gasteiger partial charge in [0.05, 0.1) is 10.2 Å². The van der Waals surface area contributed by atoms with Crippen molar-refractivity contribution >= 4 is 37.5 Å². The summed E-state index contributed by atoms with van der Waals surface area (Å²) in [5.74, 6) is -0.248. The van der Waals surface area contributed by atoms with Gasteiger partial charge < -0.3 is 5.73 Å². The molecule has 1 aromatic carbocycles. The molecule has 66 valence electrons. The highest BCUT2D eigenvalue weighted by molar-refractivity contribution is 9.13. The Morgan fingerprint density at radius 2 is 1.58 bits per heavy atom. The Balaban J connectivity index is 3.60. The maximum Gasteiger partial charge on any atom is 0.132 e. The van der Waals surface area contributed by atoms with Crippen LogP contribution < -0.4 is 5.73 Å². The predicted molar refractivity (Wildman–Crippen MR) is 55.7 cm³/mol. The van der Waals surface area contributed by atoms with E-state index in [4.69, 9.17) is 5.73 Å². The van der Waals surface area contributed by atoms with E-state index in [2.05, 4.69) is 31.9 Å². The van der Waals surface area contributed by atoms with Gasteiger partial charge in [0.15, 0.2) is 0 Å². The first kappa shape index (κ1) is 9.99. The number of nitrogens with two attached hydrogens (primary N) is 1. The summed E-state index contributed by atoms with van der Waals surface area (Å²) in [5, 5.41) is 0. The fourth-order valence-electron chi connectivity index (χ4n) is 0.943. The summed E-state index contributed by atoms with van der Waals surface area (Å²) in [4.78, 5) is 0. The van der Waals surface area contributed by atoms with Crippen molar-refractivity contribution in [1.29, 1.82) is 0 Å². The van der Waals surface area contributed by atoms with Gasteiger partial charge in [-0.2, -0.15) is 0 Å². The van der Waals surface area contributed by atoms with Gasteiger partial charge in [-0.15, -0.1) is 0 Å². The second kappa shape index (κ2) is 3.34. The minimum absolute atomic E-state index is 0.248. The van der Waals surface area contributed by atoms with E-state index in [1.807, 2.05) is 0 Å². The number of anilines is 1. The van der Waals surface area contributed by atoms with Crippen LogP contribution in [0.15, 0.2) is 8.95 Å². The molecule has 1 aromatic rings. The third-order valence-corrected chi connectivity index (χ3v) is 4.17. The molecule has 0 saturated carbocycles. The Hall–Kier alpha value is -0.0900. The molecule has 1 rings (SSSR count). The van der Waals surface area contributed by atoms with Gasteiger partial charge in [0, 0.05) is 15.6 Å². The Morgan fingerprint density at radius 1 is 1.08 bits per heavy atom. The van der Waals surface area contributed by atoms with Crippen molar-refractivity contribution in [2.24, 2.45) is 0 Å². The first-order valence-corrected chi connectivity index (χ1v) is 4.94. The van der Waals surface area contributed by atoms with Gasteiger partial charge in [-0.05, 0) is 45.7 Å². The SMILES string of the molecule is Cc1c(N)c(Br)c(Br)c(C)c1F. The van der Waals surface area contributed by atoms with Crippen molar-refractivity contribution in [1.82, 2.24) is 0 Å². The van der Waals surface area contributed by atoms with Crippen LogP contribution in [0, 0.1) is 19.7 Å². The zero-order valence-electron chi connectivity index (χ0n) is 6.71. The Bertz CT molecular complexity index is 231. The Labute approximate surface area is 87.4 Å². The second-order valence-corrected chi connectivity index (χ2v) is 4.19. The molecule has 0 saturated heterocycles. The van der Waals surface area contributed by atoms with E-state index < -0.39 is 0 Å². The Morgan fingerprint density at radius 3 is 2.08 bits per heavy atom. The normalized spacial score (nSPS) is 10.4. The maximum atomic E-state index is 13.3. The lowest BCUT2D eigenvalue weighted by molar-refractivity contribution is 0.608. The van der Waals surface area contributed by atoms with Crippen LogP contribution in [-0.4, -0.2) is 0 Å². The first-order valence-electron chi connectivity index (χ1n) is 3.36. The molecule has 0 atom stereocenters. The quantitative estimate of drug-likeness (QED) is 0.575. The van der Waals surface area contributed by atoms with E-state index >= 15 is 0 Å². The van der Waals surface area contributed by atoms with E-state index in [1.54, 1.807) is 13.8 Å². The molecular formula is C8H8Br2FN. The molecule has 0 amide bonds. The molecule has 12 heavy (non-hydrogen) atoms. The van der Waals surface area contributed by atoms with Crippen molar-refractivity contribution in [3.8, 4) is 0 Å². The van der Waals surface area contributed by atoms with E-state index in [0.29, 0.717) is 21.3 Å². The highest BCUT2D eigenvalue weighted by atomic mass is 79.9. The average molecular weight is 297 g/mol. The van der Waals surface area contributed by atoms with Gasteiger partial charge in [0.25, 0.3) is 0 Å². The van der Waals surface area contributed by atoms with Crippen LogP contribution in [0.4, 0.5) is 10.1 Å². The van der Waals surface area contributed by atoms with Gasteiger partial charge in [0.1, 0.15) is 5.82 Å². The number of hydrogen-bond acceptors (Lipinski definition) is 1. The Kier molecular flexibility index (Phi) is 2.78. The number of nitrogen functional groups attached to an aromatic ring is 1. The molecule has 0 bridgehead atoms. The third kappa shape index (κ3) is 1.38. The van der Waals surface area contributed by atoms with Crippen LogP contribution in [0.3, 0.4) is 0 Å². The van der Waals surface area contributed by atoms with Gasteiger partial charge in [-0.1, -0.05) is 0 Å². The van der Waals surface area contributed by atoms with E-state index in [0.717, 1.165) is 4.47 Å². The molecule has 0 radical (unpaired) electrons. The lowest BCUT2D eigenvalue weighted by Crippen LogP contribution is -1.98. The summed E-state index contributed by atoms with van der Waals surface area (Å²) in [5.41, 5.74) is 7.15. The summed E-state index contributed by atoms with van der Waals surface area (Å²) in [7, 11) is 0. The highest BCUT2D eigenvalue weighted by Crippen LogP contribution is 2.36. The van der Waals surface area contributed by atoms with Crippen molar-refractivity contribution in [2.45, 2.75) is 13.8 Å². The van der Waals surface area contributed by atoms with Crippen LogP contribution >= 0.6 is 31.9 Å². The molecule has 0 aliphatic rings. The number of hydrogen-bond donors (Lipinski definition) is 1. The standard InChI is InChI=1S/C8H8Br2FN/c1-3-5(9)6(10)8(12)4(2)7(3)11/h12H2,1-2H3. The lowest BCUT2D eigenvalue weighted by Gasteiger charge is -2.10. The number of rotatable bonds is 0. The van der Waals surface area contributed by atoms with Crippen LogP contribution in [0.25, 0.3) is 0 Å². The molecule has 0 fully saturated rings. The molecule has 0 aliphatic carbocycles. The van der Waals surface area contributed by atoms with Crippen LogP contribution in [-0.2, 0) is 0 Å². The molecule has 4 heteroatoms. The molecule has 0 unspecified atom stereocenters.